The van der Waals surface area contributed by atoms with Crippen LogP contribution in [0.1, 0.15) is 44.7 Å². The molecular weight excluding hydrogens is 474 g/mol. The van der Waals surface area contributed by atoms with Crippen molar-refractivity contribution in [3.05, 3.63) is 64.7 Å². The molecule has 0 spiro atoms. The van der Waals surface area contributed by atoms with Crippen LogP contribution in [-0.2, 0) is 26.2 Å². The van der Waals surface area contributed by atoms with E-state index in [2.05, 4.69) is 5.32 Å². The van der Waals surface area contributed by atoms with Gasteiger partial charge in [-0.05, 0) is 57.4 Å². The molecule has 0 heterocycles. The van der Waals surface area contributed by atoms with Crippen LogP contribution in [-0.4, -0.2) is 50.0 Å². The van der Waals surface area contributed by atoms with Crippen molar-refractivity contribution in [1.29, 1.82) is 0 Å². The van der Waals surface area contributed by atoms with Crippen molar-refractivity contribution in [3.63, 3.8) is 0 Å². The Morgan fingerprint density at radius 3 is 2.29 bits per heavy atom. The van der Waals surface area contributed by atoms with Crippen LogP contribution in [0.4, 0.5) is 5.69 Å². The summed E-state index contributed by atoms with van der Waals surface area (Å²) in [5.74, 6) is -0.446. The molecule has 9 heteroatoms. The second-order valence-corrected chi connectivity index (χ2v) is 11.1. The number of anilines is 1. The van der Waals surface area contributed by atoms with Crippen molar-refractivity contribution in [1.82, 2.24) is 10.2 Å². The van der Waals surface area contributed by atoms with Gasteiger partial charge in [-0.2, -0.15) is 0 Å². The first kappa shape index (κ1) is 27.7. The first-order valence-corrected chi connectivity index (χ1v) is 13.5. The molecule has 0 aromatic heterocycles. The van der Waals surface area contributed by atoms with Crippen molar-refractivity contribution in [2.45, 2.75) is 59.2 Å². The molecule has 0 saturated carbocycles. The third kappa shape index (κ3) is 8.02. The molecule has 0 aliphatic rings. The SMILES string of the molecule is Cc1ccc(Cl)cc1N(CCCC(=O)N(Cc1ccccc1)[C@H](C)C(=O)NC(C)C)S(C)(=O)=O. The van der Waals surface area contributed by atoms with Gasteiger partial charge in [0.15, 0.2) is 0 Å². The number of nitrogens with one attached hydrogen (secondary N) is 1. The number of benzene rings is 2. The van der Waals surface area contributed by atoms with Crippen LogP contribution in [0.2, 0.25) is 5.02 Å². The Kier molecular flexibility index (Phi) is 9.94. The molecule has 0 unspecified atom stereocenters. The van der Waals surface area contributed by atoms with Gasteiger partial charge in [-0.15, -0.1) is 0 Å². The Bertz CT molecular complexity index is 1090. The highest BCUT2D eigenvalue weighted by atomic mass is 35.5. The molecule has 0 fully saturated rings. The number of rotatable bonds is 11. The number of nitrogens with zero attached hydrogens (tertiary/aromatic N) is 2. The lowest BCUT2D eigenvalue weighted by Crippen LogP contribution is -2.49. The molecule has 2 rings (SSSR count). The van der Waals surface area contributed by atoms with Crippen LogP contribution in [0.25, 0.3) is 0 Å². The molecule has 2 aromatic rings. The maximum atomic E-state index is 13.2. The molecule has 0 bridgehead atoms. The van der Waals surface area contributed by atoms with Crippen molar-refractivity contribution in [3.8, 4) is 0 Å². The van der Waals surface area contributed by atoms with Crippen LogP contribution in [0, 0.1) is 6.92 Å². The topological polar surface area (TPSA) is 86.8 Å². The van der Waals surface area contributed by atoms with E-state index in [0.29, 0.717) is 17.1 Å². The zero-order valence-electron chi connectivity index (χ0n) is 20.4. The predicted octanol–water partition coefficient (Wildman–Crippen LogP) is 4.14. The lowest BCUT2D eigenvalue weighted by Gasteiger charge is -2.30. The fourth-order valence-electron chi connectivity index (χ4n) is 3.60. The summed E-state index contributed by atoms with van der Waals surface area (Å²) < 4.78 is 26.2. The van der Waals surface area contributed by atoms with Gasteiger partial charge in [-0.3, -0.25) is 13.9 Å². The zero-order chi connectivity index (χ0) is 25.5. The van der Waals surface area contributed by atoms with Crippen LogP contribution < -0.4 is 9.62 Å². The van der Waals surface area contributed by atoms with Gasteiger partial charge in [0.25, 0.3) is 0 Å². The van der Waals surface area contributed by atoms with Crippen LogP contribution in [0.3, 0.4) is 0 Å². The summed E-state index contributed by atoms with van der Waals surface area (Å²) in [4.78, 5) is 27.4. The summed E-state index contributed by atoms with van der Waals surface area (Å²) in [6, 6.07) is 13.8. The van der Waals surface area contributed by atoms with Crippen LogP contribution in [0.5, 0.6) is 0 Å². The predicted molar refractivity (Wildman–Crippen MR) is 137 cm³/mol. The number of amides is 2. The van der Waals surface area contributed by atoms with Crippen molar-refractivity contribution >= 4 is 39.1 Å². The molecule has 7 nitrogen and oxygen atoms in total. The van der Waals surface area contributed by atoms with E-state index in [4.69, 9.17) is 11.6 Å². The largest absolute Gasteiger partial charge is 0.352 e. The third-order valence-electron chi connectivity index (χ3n) is 5.39. The average molecular weight is 508 g/mol. The number of sulfonamides is 1. The highest BCUT2D eigenvalue weighted by molar-refractivity contribution is 7.92. The van der Waals surface area contributed by atoms with E-state index in [1.54, 1.807) is 30.0 Å². The number of hydrogen-bond donors (Lipinski definition) is 1. The Morgan fingerprint density at radius 2 is 1.71 bits per heavy atom. The number of aryl methyl sites for hydroxylation is 1. The summed E-state index contributed by atoms with van der Waals surface area (Å²) in [6.07, 6.45) is 1.52. The van der Waals surface area contributed by atoms with E-state index in [0.717, 1.165) is 17.4 Å². The number of carbonyl (C=O) groups is 2. The van der Waals surface area contributed by atoms with Gasteiger partial charge in [-0.25, -0.2) is 8.42 Å². The van der Waals surface area contributed by atoms with Crippen molar-refractivity contribution in [2.24, 2.45) is 0 Å². The molecule has 1 N–H and O–H groups in total. The van der Waals surface area contributed by atoms with Gasteiger partial charge in [0.1, 0.15) is 6.04 Å². The summed E-state index contributed by atoms with van der Waals surface area (Å²) in [6.45, 7) is 7.66. The quantitative estimate of drug-likeness (QED) is 0.495. The molecule has 2 amide bonds. The van der Waals surface area contributed by atoms with E-state index >= 15 is 0 Å². The molecule has 0 aliphatic heterocycles. The maximum absolute atomic E-state index is 13.2. The molecule has 0 aliphatic carbocycles. The maximum Gasteiger partial charge on any atom is 0.242 e. The van der Waals surface area contributed by atoms with Gasteiger partial charge in [0, 0.05) is 30.6 Å². The van der Waals surface area contributed by atoms with E-state index < -0.39 is 16.1 Å². The Hall–Kier alpha value is -2.58. The zero-order valence-corrected chi connectivity index (χ0v) is 22.0. The minimum atomic E-state index is -3.58. The van der Waals surface area contributed by atoms with Crippen LogP contribution >= 0.6 is 11.6 Å². The molecule has 186 valence electrons. The summed E-state index contributed by atoms with van der Waals surface area (Å²) in [5.41, 5.74) is 2.17. The molecule has 0 saturated heterocycles. The average Bonchev–Trinajstić information content (AvgIpc) is 2.75. The molecule has 2 aromatic carbocycles. The van der Waals surface area contributed by atoms with Crippen molar-refractivity contribution < 1.29 is 18.0 Å². The summed E-state index contributed by atoms with van der Waals surface area (Å²) in [7, 11) is -3.58. The van der Waals surface area contributed by atoms with Crippen molar-refractivity contribution in [2.75, 3.05) is 17.1 Å². The van der Waals surface area contributed by atoms with E-state index in [-0.39, 0.29) is 37.4 Å². The minimum Gasteiger partial charge on any atom is -0.352 e. The van der Waals surface area contributed by atoms with E-state index in [1.165, 1.54) is 4.31 Å². The lowest BCUT2D eigenvalue weighted by molar-refractivity contribution is -0.140. The number of halogens is 1. The smallest absolute Gasteiger partial charge is 0.242 e. The Balaban J connectivity index is 2.18. The minimum absolute atomic E-state index is 0.0483. The number of carbonyl (C=O) groups excluding carboxylic acids is 2. The van der Waals surface area contributed by atoms with E-state index in [1.807, 2.05) is 51.1 Å². The van der Waals surface area contributed by atoms with Gasteiger partial charge < -0.3 is 10.2 Å². The monoisotopic (exact) mass is 507 g/mol. The molecule has 34 heavy (non-hydrogen) atoms. The number of hydrogen-bond acceptors (Lipinski definition) is 4. The van der Waals surface area contributed by atoms with Gasteiger partial charge in [0.2, 0.25) is 21.8 Å². The Labute approximate surface area is 208 Å². The van der Waals surface area contributed by atoms with Gasteiger partial charge >= 0.3 is 0 Å². The fraction of sp³-hybridized carbons (Fsp3) is 0.440. The first-order chi connectivity index (χ1) is 15.9. The van der Waals surface area contributed by atoms with Gasteiger partial charge in [-0.1, -0.05) is 48.0 Å². The first-order valence-electron chi connectivity index (χ1n) is 11.3. The highest BCUT2D eigenvalue weighted by Crippen LogP contribution is 2.27. The van der Waals surface area contributed by atoms with Gasteiger partial charge in [0.05, 0.1) is 11.9 Å². The normalized spacial score (nSPS) is 12.3. The lowest BCUT2D eigenvalue weighted by atomic mass is 10.1. The second kappa shape index (κ2) is 12.2. The third-order valence-corrected chi connectivity index (χ3v) is 6.80. The standard InChI is InChI=1S/C25H34ClN3O4S/c1-18(2)27-25(31)20(4)28(17-21-10-7-6-8-11-21)24(30)12-9-15-29(34(5,32)33)23-16-22(26)14-13-19(23)3/h6-8,10-11,13-14,16,18,20H,9,12,15,17H2,1-5H3,(H,27,31)/t20-/m1/s1. The molecule has 1 atom stereocenters. The second-order valence-electron chi connectivity index (χ2n) is 8.72. The Morgan fingerprint density at radius 1 is 1.06 bits per heavy atom. The fourth-order valence-corrected chi connectivity index (χ4v) is 4.78. The molecule has 0 radical (unpaired) electrons. The molecular formula is C25H34ClN3O4S. The summed E-state index contributed by atoms with van der Waals surface area (Å²) in [5, 5.41) is 3.29. The highest BCUT2D eigenvalue weighted by Gasteiger charge is 2.27. The van der Waals surface area contributed by atoms with Crippen LogP contribution in [0.15, 0.2) is 48.5 Å². The summed E-state index contributed by atoms with van der Waals surface area (Å²) >= 11 is 6.09. The van der Waals surface area contributed by atoms with E-state index in [9.17, 15) is 18.0 Å².